The molecule has 0 saturated heterocycles. The Balaban J connectivity index is 1.96. The second-order valence-electron chi connectivity index (χ2n) is 7.63. The Labute approximate surface area is 204 Å². The molecule has 0 radical (unpaired) electrons. The first-order valence-corrected chi connectivity index (χ1v) is 13.5. The average molecular weight is 506 g/mol. The van der Waals surface area contributed by atoms with Crippen molar-refractivity contribution in [2.24, 2.45) is 4.99 Å². The number of hydrogen-bond acceptors (Lipinski definition) is 6. The molecule has 1 heterocycles. The smallest absolute Gasteiger partial charge is 0.279 e. The molecule has 0 fully saturated rings. The van der Waals surface area contributed by atoms with Crippen molar-refractivity contribution in [3.8, 4) is 5.75 Å². The zero-order valence-electron chi connectivity index (χ0n) is 20.0. The van der Waals surface area contributed by atoms with E-state index in [0.29, 0.717) is 42.4 Å². The molecule has 0 saturated carbocycles. The van der Waals surface area contributed by atoms with Crippen LogP contribution in [-0.2, 0) is 21.3 Å². The molecule has 0 N–H and O–H groups in total. The Kier molecular flexibility index (Phi) is 9.01. The van der Waals surface area contributed by atoms with Crippen molar-refractivity contribution in [1.82, 2.24) is 8.87 Å². The van der Waals surface area contributed by atoms with Crippen LogP contribution in [0.25, 0.3) is 10.2 Å². The number of unbranched alkanes of at least 4 members (excludes halogenated alkanes) is 1. The van der Waals surface area contributed by atoms with Crippen LogP contribution in [-0.4, -0.2) is 57.1 Å². The Morgan fingerprint density at radius 2 is 1.85 bits per heavy atom. The van der Waals surface area contributed by atoms with Gasteiger partial charge in [0, 0.05) is 32.3 Å². The number of benzene rings is 2. The number of amides is 1. The maximum absolute atomic E-state index is 13.0. The van der Waals surface area contributed by atoms with E-state index in [4.69, 9.17) is 9.47 Å². The van der Waals surface area contributed by atoms with E-state index in [1.807, 2.05) is 36.6 Å². The summed E-state index contributed by atoms with van der Waals surface area (Å²) in [5.41, 5.74) is 1.17. The van der Waals surface area contributed by atoms with Crippen LogP contribution < -0.4 is 9.54 Å². The minimum atomic E-state index is -3.61. The van der Waals surface area contributed by atoms with Crippen LogP contribution in [0.5, 0.6) is 5.75 Å². The van der Waals surface area contributed by atoms with Gasteiger partial charge in [-0.2, -0.15) is 9.30 Å². The fraction of sp³-hybridized carbons (Fsp3) is 0.417. The third-order valence-electron chi connectivity index (χ3n) is 5.45. The molecule has 3 aromatic rings. The third-order valence-corrected chi connectivity index (χ3v) is 8.49. The van der Waals surface area contributed by atoms with Crippen LogP contribution >= 0.6 is 11.3 Å². The minimum absolute atomic E-state index is 0.170. The summed E-state index contributed by atoms with van der Waals surface area (Å²) in [6.07, 6.45) is 1.71. The third kappa shape index (κ3) is 5.57. The maximum atomic E-state index is 13.0. The highest BCUT2D eigenvalue weighted by molar-refractivity contribution is 7.89. The van der Waals surface area contributed by atoms with Crippen LogP contribution in [0.4, 0.5) is 0 Å². The first-order chi connectivity index (χ1) is 16.4. The average Bonchev–Trinajstić information content (AvgIpc) is 3.20. The van der Waals surface area contributed by atoms with Crippen LogP contribution in [0, 0.1) is 0 Å². The van der Waals surface area contributed by atoms with Crippen molar-refractivity contribution in [1.29, 1.82) is 0 Å². The SMILES string of the molecule is CCCCN(CC)S(=O)(=O)c1ccc(C(=O)N=c2sc3cccc(OC)c3n2CCOC)cc1. The molecule has 3 rings (SSSR count). The predicted octanol–water partition coefficient (Wildman–Crippen LogP) is 3.91. The van der Waals surface area contributed by atoms with Crippen LogP contribution in [0.1, 0.15) is 37.0 Å². The summed E-state index contributed by atoms with van der Waals surface area (Å²) >= 11 is 1.39. The molecule has 8 nitrogen and oxygen atoms in total. The lowest BCUT2D eigenvalue weighted by Crippen LogP contribution is -2.31. The van der Waals surface area contributed by atoms with Gasteiger partial charge in [0.1, 0.15) is 11.3 Å². The van der Waals surface area contributed by atoms with E-state index in [1.54, 1.807) is 14.2 Å². The van der Waals surface area contributed by atoms with E-state index in [1.165, 1.54) is 39.9 Å². The zero-order chi connectivity index (χ0) is 24.7. The number of methoxy groups -OCH3 is 2. The fourth-order valence-corrected chi connectivity index (χ4v) is 6.15. The van der Waals surface area contributed by atoms with E-state index >= 15 is 0 Å². The van der Waals surface area contributed by atoms with Gasteiger partial charge in [-0.3, -0.25) is 4.79 Å². The molecule has 2 aromatic carbocycles. The number of fused-ring (bicyclic) bond motifs is 1. The molecule has 1 amide bonds. The van der Waals surface area contributed by atoms with Gasteiger partial charge in [-0.05, 0) is 42.8 Å². The van der Waals surface area contributed by atoms with Gasteiger partial charge >= 0.3 is 0 Å². The van der Waals surface area contributed by atoms with E-state index in [-0.39, 0.29) is 4.90 Å². The number of ether oxygens (including phenoxy) is 2. The minimum Gasteiger partial charge on any atom is -0.495 e. The summed E-state index contributed by atoms with van der Waals surface area (Å²) < 4.78 is 40.9. The second-order valence-corrected chi connectivity index (χ2v) is 10.6. The van der Waals surface area contributed by atoms with Gasteiger partial charge in [-0.1, -0.05) is 37.7 Å². The Hall–Kier alpha value is -2.53. The number of thiazole rings is 1. The summed E-state index contributed by atoms with van der Waals surface area (Å²) in [6, 6.07) is 11.7. The molecule has 0 aliphatic carbocycles. The van der Waals surface area contributed by atoms with Gasteiger partial charge in [0.25, 0.3) is 5.91 Å². The lowest BCUT2D eigenvalue weighted by Gasteiger charge is -2.20. The molecular weight excluding hydrogens is 474 g/mol. The quantitative estimate of drug-likeness (QED) is 0.394. The van der Waals surface area contributed by atoms with Gasteiger partial charge < -0.3 is 14.0 Å². The summed E-state index contributed by atoms with van der Waals surface area (Å²) in [4.78, 5) is 18.0. The molecule has 10 heteroatoms. The van der Waals surface area contributed by atoms with E-state index in [9.17, 15) is 13.2 Å². The topological polar surface area (TPSA) is 90.2 Å². The Morgan fingerprint density at radius 3 is 2.47 bits per heavy atom. The maximum Gasteiger partial charge on any atom is 0.279 e. The van der Waals surface area contributed by atoms with Gasteiger partial charge in [0.2, 0.25) is 10.0 Å². The molecule has 0 atom stereocenters. The van der Waals surface area contributed by atoms with Gasteiger partial charge in [0.15, 0.2) is 4.80 Å². The largest absolute Gasteiger partial charge is 0.495 e. The summed E-state index contributed by atoms with van der Waals surface area (Å²) in [7, 11) is -0.384. The number of rotatable bonds is 11. The number of hydrogen-bond donors (Lipinski definition) is 0. The van der Waals surface area contributed by atoms with Crippen molar-refractivity contribution in [3.05, 3.63) is 52.8 Å². The molecule has 184 valence electrons. The van der Waals surface area contributed by atoms with E-state index in [0.717, 1.165) is 23.1 Å². The first kappa shape index (κ1) is 26.1. The number of aromatic nitrogens is 1. The van der Waals surface area contributed by atoms with Crippen molar-refractivity contribution >= 4 is 37.5 Å². The lowest BCUT2D eigenvalue weighted by molar-refractivity contribution is 0.0997. The van der Waals surface area contributed by atoms with Crippen LogP contribution in [0.2, 0.25) is 0 Å². The summed E-state index contributed by atoms with van der Waals surface area (Å²) in [5, 5.41) is 0. The first-order valence-electron chi connectivity index (χ1n) is 11.2. The van der Waals surface area contributed by atoms with Crippen LogP contribution in [0.3, 0.4) is 0 Å². The second kappa shape index (κ2) is 11.7. The normalized spacial score (nSPS) is 12.6. The number of para-hydroxylation sites is 1. The predicted molar refractivity (Wildman–Crippen MR) is 134 cm³/mol. The monoisotopic (exact) mass is 505 g/mol. The summed E-state index contributed by atoms with van der Waals surface area (Å²) in [6.45, 7) is 5.67. The van der Waals surface area contributed by atoms with Crippen LogP contribution in [0.15, 0.2) is 52.4 Å². The molecule has 0 bridgehead atoms. The highest BCUT2D eigenvalue weighted by atomic mass is 32.2. The molecule has 0 aliphatic heterocycles. The number of carbonyl (C=O) groups is 1. The highest BCUT2D eigenvalue weighted by Gasteiger charge is 2.23. The van der Waals surface area contributed by atoms with Crippen molar-refractivity contribution < 1.29 is 22.7 Å². The highest BCUT2D eigenvalue weighted by Crippen LogP contribution is 2.27. The molecule has 0 unspecified atom stereocenters. The fourth-order valence-electron chi connectivity index (χ4n) is 3.59. The summed E-state index contributed by atoms with van der Waals surface area (Å²) in [5.74, 6) is 0.246. The van der Waals surface area contributed by atoms with Gasteiger partial charge in [-0.25, -0.2) is 8.42 Å². The Morgan fingerprint density at radius 1 is 1.12 bits per heavy atom. The molecule has 34 heavy (non-hydrogen) atoms. The molecular formula is C24H31N3O5S2. The van der Waals surface area contributed by atoms with Gasteiger partial charge in [0.05, 0.1) is 23.3 Å². The zero-order valence-corrected chi connectivity index (χ0v) is 21.6. The number of sulfonamides is 1. The molecule has 0 spiro atoms. The number of carbonyl (C=O) groups excluding carboxylic acids is 1. The van der Waals surface area contributed by atoms with Crippen molar-refractivity contribution in [2.45, 2.75) is 38.1 Å². The molecule has 0 aliphatic rings. The lowest BCUT2D eigenvalue weighted by atomic mass is 10.2. The van der Waals surface area contributed by atoms with Crippen molar-refractivity contribution in [2.75, 3.05) is 33.9 Å². The van der Waals surface area contributed by atoms with Crippen molar-refractivity contribution in [3.63, 3.8) is 0 Å². The van der Waals surface area contributed by atoms with E-state index in [2.05, 4.69) is 4.99 Å². The van der Waals surface area contributed by atoms with E-state index < -0.39 is 15.9 Å². The number of nitrogens with zero attached hydrogens (tertiary/aromatic N) is 3. The van der Waals surface area contributed by atoms with Gasteiger partial charge in [-0.15, -0.1) is 0 Å². The standard InChI is InChI=1S/C24H31N3O5S2/c1-5-7-15-26(6-2)34(29,30)19-13-11-18(12-14-19)23(28)25-24-27(16-17-31-3)22-20(32-4)9-8-10-21(22)33-24/h8-14H,5-7,15-17H2,1-4H3. The molecule has 1 aromatic heterocycles. The Bertz CT molecular complexity index is 1290.